The van der Waals surface area contributed by atoms with Gasteiger partial charge in [-0.1, -0.05) is 34.8 Å². The fourth-order valence-electron chi connectivity index (χ4n) is 1.25. The molecule has 2 N–H and O–H groups in total. The summed E-state index contributed by atoms with van der Waals surface area (Å²) in [5.74, 6) is -0.927. The Morgan fingerprint density at radius 3 is 1.82 bits per heavy atom. The first-order chi connectivity index (χ1) is 10.1. The van der Waals surface area contributed by atoms with Crippen molar-refractivity contribution in [3.63, 3.8) is 0 Å². The molecule has 0 spiro atoms. The molecule has 0 radical (unpaired) electrons. The third kappa shape index (κ3) is 5.96. The maximum absolute atomic E-state index is 11.2. The van der Waals surface area contributed by atoms with E-state index in [1.54, 1.807) is 24.5 Å². The molecular weight excluding hydrogens is 486 g/mol. The molecule has 0 bridgehead atoms. The largest absolute Gasteiger partial charge is 0.464 e. The van der Waals surface area contributed by atoms with E-state index >= 15 is 0 Å². The van der Waals surface area contributed by atoms with E-state index in [9.17, 15) is 9.59 Å². The normalized spacial score (nSPS) is 10.6. The lowest BCUT2D eigenvalue weighted by Crippen LogP contribution is -2.18. The highest BCUT2D eigenvalue weighted by atomic mass is 79.9. The number of rotatable bonds is 2. The first-order valence-electron chi connectivity index (χ1n) is 5.52. The zero-order valence-corrected chi connectivity index (χ0v) is 16.4. The summed E-state index contributed by atoms with van der Waals surface area (Å²) in [5.41, 5.74) is 0.719. The van der Waals surface area contributed by atoms with Gasteiger partial charge < -0.3 is 14.7 Å². The summed E-state index contributed by atoms with van der Waals surface area (Å²) < 4.78 is 4.14. The molecule has 2 aromatic heterocycles. The SMILES string of the molecule is COC(=O)c1cc(Br)c[nH]1.O=C(c1cc(Br)c[nH]1)C(Cl)(Cl)Cl. The molecule has 0 saturated carbocycles. The van der Waals surface area contributed by atoms with Crippen molar-refractivity contribution < 1.29 is 14.3 Å². The number of methoxy groups -OCH3 is 1. The number of carbonyl (C=O) groups is 2. The summed E-state index contributed by atoms with van der Waals surface area (Å²) in [4.78, 5) is 27.4. The molecule has 0 aromatic carbocycles. The van der Waals surface area contributed by atoms with Crippen LogP contribution in [0.4, 0.5) is 0 Å². The number of ketones is 1. The predicted molar refractivity (Wildman–Crippen MR) is 92.9 cm³/mol. The molecule has 2 rings (SSSR count). The number of nitrogens with one attached hydrogen (secondary N) is 2. The van der Waals surface area contributed by atoms with Crippen molar-refractivity contribution in [3.8, 4) is 0 Å². The van der Waals surface area contributed by atoms with Crippen molar-refractivity contribution in [2.45, 2.75) is 3.79 Å². The maximum Gasteiger partial charge on any atom is 0.354 e. The zero-order chi connectivity index (χ0) is 16.9. The third-order valence-corrected chi connectivity index (χ3v) is 3.63. The number of hydrogen-bond donors (Lipinski definition) is 2. The number of ether oxygens (including phenoxy) is 1. The zero-order valence-electron chi connectivity index (χ0n) is 10.9. The van der Waals surface area contributed by atoms with Gasteiger partial charge >= 0.3 is 5.97 Å². The van der Waals surface area contributed by atoms with Gasteiger partial charge in [0.15, 0.2) is 0 Å². The summed E-state index contributed by atoms with van der Waals surface area (Å²) in [6, 6.07) is 3.20. The number of halogens is 5. The van der Waals surface area contributed by atoms with Crippen LogP contribution >= 0.6 is 66.7 Å². The number of esters is 1. The van der Waals surface area contributed by atoms with E-state index in [1.807, 2.05) is 0 Å². The Bertz CT molecular complexity index is 665. The van der Waals surface area contributed by atoms with Gasteiger partial charge in [-0.05, 0) is 44.0 Å². The Balaban J connectivity index is 0.000000224. The molecule has 120 valence electrons. The highest BCUT2D eigenvalue weighted by Crippen LogP contribution is 2.30. The molecule has 0 fully saturated rings. The molecule has 22 heavy (non-hydrogen) atoms. The lowest BCUT2D eigenvalue weighted by molar-refractivity contribution is 0.0594. The Morgan fingerprint density at radius 1 is 1.05 bits per heavy atom. The quantitative estimate of drug-likeness (QED) is 0.354. The van der Waals surface area contributed by atoms with E-state index in [4.69, 9.17) is 34.8 Å². The molecule has 2 aromatic rings. The minimum Gasteiger partial charge on any atom is -0.464 e. The first-order valence-corrected chi connectivity index (χ1v) is 8.24. The van der Waals surface area contributed by atoms with Crippen LogP contribution in [0.25, 0.3) is 0 Å². The Morgan fingerprint density at radius 2 is 1.50 bits per heavy atom. The lowest BCUT2D eigenvalue weighted by Gasteiger charge is -2.06. The number of Topliss-reactive ketones (excluding diaryl/α,β-unsaturated/α-hetero) is 1. The molecule has 0 aliphatic rings. The van der Waals surface area contributed by atoms with Gasteiger partial charge in [0.25, 0.3) is 3.79 Å². The van der Waals surface area contributed by atoms with Crippen molar-refractivity contribution in [3.05, 3.63) is 44.9 Å². The Kier molecular flexibility index (Phi) is 7.48. The summed E-state index contributed by atoms with van der Waals surface area (Å²) in [5, 5.41) is 0. The van der Waals surface area contributed by atoms with E-state index in [0.29, 0.717) is 5.69 Å². The molecule has 0 aliphatic carbocycles. The Hall–Kier alpha value is -0.470. The molecule has 0 atom stereocenters. The molecular formula is C12H9Br2Cl3N2O3. The van der Waals surface area contributed by atoms with Gasteiger partial charge in [0.1, 0.15) is 5.69 Å². The predicted octanol–water partition coefficient (Wildman–Crippen LogP) is 4.89. The van der Waals surface area contributed by atoms with Crippen LogP contribution in [-0.4, -0.2) is 32.6 Å². The number of aromatic amines is 2. The minimum atomic E-state index is -1.90. The van der Waals surface area contributed by atoms with Crippen molar-refractivity contribution in [1.82, 2.24) is 9.97 Å². The van der Waals surface area contributed by atoms with Crippen LogP contribution in [-0.2, 0) is 4.74 Å². The smallest absolute Gasteiger partial charge is 0.354 e. The van der Waals surface area contributed by atoms with Crippen molar-refractivity contribution >= 4 is 78.4 Å². The summed E-state index contributed by atoms with van der Waals surface area (Å²) >= 11 is 22.5. The maximum atomic E-state index is 11.2. The van der Waals surface area contributed by atoms with Gasteiger partial charge in [0.2, 0.25) is 5.78 Å². The number of alkyl halides is 3. The van der Waals surface area contributed by atoms with Gasteiger partial charge in [-0.3, -0.25) is 4.79 Å². The van der Waals surface area contributed by atoms with Gasteiger partial charge in [-0.25, -0.2) is 4.79 Å². The molecule has 0 saturated heterocycles. The molecule has 0 unspecified atom stereocenters. The van der Waals surface area contributed by atoms with Crippen LogP contribution in [0.3, 0.4) is 0 Å². The van der Waals surface area contributed by atoms with Crippen LogP contribution in [0.15, 0.2) is 33.5 Å². The standard InChI is InChI=1S/C6H3BrCl3NO.C6H6BrNO2/c7-3-1-4(11-2-3)5(12)6(8,9)10;1-10-6(9)5-2-4(7)3-8-5/h1-2,11H;2-3,8H,1H3. The van der Waals surface area contributed by atoms with Crippen LogP contribution in [0.5, 0.6) is 0 Å². The molecule has 0 amide bonds. The number of carbonyl (C=O) groups excluding carboxylic acids is 2. The van der Waals surface area contributed by atoms with Crippen LogP contribution in [0.1, 0.15) is 21.0 Å². The van der Waals surface area contributed by atoms with Gasteiger partial charge in [0, 0.05) is 21.3 Å². The van der Waals surface area contributed by atoms with Gasteiger partial charge in [-0.2, -0.15) is 0 Å². The third-order valence-electron chi connectivity index (χ3n) is 2.20. The minimum absolute atomic E-state index is 0.266. The van der Waals surface area contributed by atoms with E-state index < -0.39 is 9.58 Å². The van der Waals surface area contributed by atoms with E-state index in [-0.39, 0.29) is 11.7 Å². The second-order valence-corrected chi connectivity index (χ2v) is 7.89. The molecule has 5 nitrogen and oxygen atoms in total. The average molecular weight is 495 g/mol. The van der Waals surface area contributed by atoms with Gasteiger partial charge in [-0.15, -0.1) is 0 Å². The summed E-state index contributed by atoms with van der Waals surface area (Å²) in [6.07, 6.45) is 3.26. The molecule has 2 heterocycles. The van der Waals surface area contributed by atoms with Crippen LogP contribution < -0.4 is 0 Å². The van der Waals surface area contributed by atoms with E-state index in [0.717, 1.165) is 8.95 Å². The lowest BCUT2D eigenvalue weighted by atomic mass is 10.3. The topological polar surface area (TPSA) is 75.0 Å². The molecule has 0 aliphatic heterocycles. The number of hydrogen-bond acceptors (Lipinski definition) is 3. The molecule has 10 heteroatoms. The first kappa shape index (κ1) is 19.6. The average Bonchev–Trinajstić information content (AvgIpc) is 3.05. The highest BCUT2D eigenvalue weighted by molar-refractivity contribution is 9.10. The van der Waals surface area contributed by atoms with Gasteiger partial charge in [0.05, 0.1) is 12.8 Å². The number of H-pyrrole nitrogens is 2. The van der Waals surface area contributed by atoms with Crippen molar-refractivity contribution in [2.75, 3.05) is 7.11 Å². The fraction of sp³-hybridized carbons (Fsp3) is 0.167. The van der Waals surface area contributed by atoms with E-state index in [2.05, 4.69) is 46.6 Å². The second kappa shape index (κ2) is 8.40. The van der Waals surface area contributed by atoms with Crippen molar-refractivity contribution in [2.24, 2.45) is 0 Å². The van der Waals surface area contributed by atoms with Crippen LogP contribution in [0, 0.1) is 0 Å². The highest BCUT2D eigenvalue weighted by Gasteiger charge is 2.32. The number of aromatic nitrogens is 2. The Labute approximate surface area is 157 Å². The fourth-order valence-corrected chi connectivity index (χ4v) is 2.24. The van der Waals surface area contributed by atoms with Crippen molar-refractivity contribution in [1.29, 1.82) is 0 Å². The second-order valence-electron chi connectivity index (χ2n) is 3.78. The monoisotopic (exact) mass is 492 g/mol. The summed E-state index contributed by atoms with van der Waals surface area (Å²) in [7, 11) is 1.34. The van der Waals surface area contributed by atoms with E-state index in [1.165, 1.54) is 7.11 Å². The summed E-state index contributed by atoms with van der Waals surface area (Å²) in [6.45, 7) is 0. The van der Waals surface area contributed by atoms with Crippen LogP contribution in [0.2, 0.25) is 0 Å².